The third-order valence-electron chi connectivity index (χ3n) is 2.68. The highest BCUT2D eigenvalue weighted by Gasteiger charge is 2.12. The van der Waals surface area contributed by atoms with Crippen LogP contribution >= 0.6 is 11.8 Å². The topological polar surface area (TPSA) is 61.8 Å². The number of amides is 1. The molecule has 1 aromatic carbocycles. The Labute approximate surface area is 124 Å². The van der Waals surface area contributed by atoms with Crippen molar-refractivity contribution in [3.05, 3.63) is 24.3 Å². The molecule has 0 aliphatic heterocycles. The molecule has 6 heteroatoms. The molecule has 0 saturated carbocycles. The number of thioether (sulfide) groups is 1. The summed E-state index contributed by atoms with van der Waals surface area (Å²) in [5, 5.41) is 12.5. The highest BCUT2D eigenvalue weighted by Crippen LogP contribution is 2.24. The molecule has 0 aliphatic carbocycles. The minimum absolute atomic E-state index is 0.0985. The molecule has 1 amide bonds. The number of ether oxygens (including phenoxy) is 1. The number of carbonyl (C=O) groups is 1. The Balaban J connectivity index is 2.47. The maximum atomic E-state index is 12.0. The van der Waals surface area contributed by atoms with E-state index in [2.05, 4.69) is 5.32 Å². The molecule has 1 rings (SSSR count). The molecule has 0 spiro atoms. The van der Waals surface area contributed by atoms with Crippen LogP contribution in [0.25, 0.3) is 0 Å². The van der Waals surface area contributed by atoms with Crippen LogP contribution in [0.2, 0.25) is 0 Å². The third kappa shape index (κ3) is 5.92. The lowest BCUT2D eigenvalue weighted by atomic mass is 10.3. The second kappa shape index (κ2) is 8.97. The third-order valence-corrected chi connectivity index (χ3v) is 3.47. The number of rotatable bonds is 8. The van der Waals surface area contributed by atoms with E-state index in [0.29, 0.717) is 6.54 Å². The van der Waals surface area contributed by atoms with Crippen molar-refractivity contribution >= 4 is 23.4 Å². The molecule has 5 nitrogen and oxygen atoms in total. The van der Waals surface area contributed by atoms with Crippen LogP contribution in [0.3, 0.4) is 0 Å². The maximum Gasteiger partial charge on any atom is 0.238 e. The van der Waals surface area contributed by atoms with E-state index >= 15 is 0 Å². The molecular formula is C14H22N2O3S. The number of aliphatic hydroxyl groups excluding tert-OH is 1. The Morgan fingerprint density at radius 2 is 2.20 bits per heavy atom. The Morgan fingerprint density at radius 3 is 2.85 bits per heavy atom. The summed E-state index contributed by atoms with van der Waals surface area (Å²) in [5.41, 5.74) is 0.816. The molecule has 1 atom stereocenters. The normalized spacial score (nSPS) is 12.4. The van der Waals surface area contributed by atoms with Crippen molar-refractivity contribution in [2.75, 3.05) is 45.4 Å². The standard InChI is InChI=1S/C14H22N2O3S/c1-16(8-11(17)10-19-2)9-14(18)15-12-6-4-5-7-13(12)20-3/h4-7,11,17H,8-10H2,1-3H3,(H,15,18). The smallest absolute Gasteiger partial charge is 0.238 e. The minimum atomic E-state index is -0.587. The Hall–Kier alpha value is -1.08. The number of aliphatic hydroxyl groups is 1. The largest absolute Gasteiger partial charge is 0.389 e. The maximum absolute atomic E-state index is 12.0. The number of likely N-dealkylation sites (N-methyl/N-ethyl adjacent to an activating group) is 1. The summed E-state index contributed by atoms with van der Waals surface area (Å²) in [4.78, 5) is 14.8. The highest BCUT2D eigenvalue weighted by atomic mass is 32.2. The molecule has 1 aromatic rings. The predicted octanol–water partition coefficient (Wildman–Crippen LogP) is 1.29. The second-order valence-electron chi connectivity index (χ2n) is 4.55. The predicted molar refractivity (Wildman–Crippen MR) is 82.2 cm³/mol. The molecule has 0 heterocycles. The van der Waals surface area contributed by atoms with Crippen LogP contribution in [0.5, 0.6) is 0 Å². The van der Waals surface area contributed by atoms with Gasteiger partial charge in [0, 0.05) is 18.6 Å². The average molecular weight is 298 g/mol. The van der Waals surface area contributed by atoms with Crippen molar-refractivity contribution in [2.45, 2.75) is 11.0 Å². The fraction of sp³-hybridized carbons (Fsp3) is 0.500. The van der Waals surface area contributed by atoms with Crippen LogP contribution in [-0.2, 0) is 9.53 Å². The molecule has 112 valence electrons. The number of para-hydroxylation sites is 1. The zero-order valence-electron chi connectivity index (χ0n) is 12.1. The number of carbonyl (C=O) groups excluding carboxylic acids is 1. The van der Waals surface area contributed by atoms with Crippen LogP contribution in [0, 0.1) is 0 Å². The molecule has 0 saturated heterocycles. The summed E-state index contributed by atoms with van der Waals surface area (Å²) >= 11 is 1.59. The van der Waals surface area contributed by atoms with Gasteiger partial charge in [-0.15, -0.1) is 11.8 Å². The van der Waals surface area contributed by atoms with E-state index in [4.69, 9.17) is 4.74 Å². The lowest BCUT2D eigenvalue weighted by Crippen LogP contribution is -2.37. The van der Waals surface area contributed by atoms with Gasteiger partial charge in [-0.25, -0.2) is 0 Å². The van der Waals surface area contributed by atoms with Gasteiger partial charge >= 0.3 is 0 Å². The van der Waals surface area contributed by atoms with Gasteiger partial charge in [0.15, 0.2) is 0 Å². The zero-order chi connectivity index (χ0) is 15.0. The van der Waals surface area contributed by atoms with Crippen LogP contribution in [-0.4, -0.2) is 62.1 Å². The Morgan fingerprint density at radius 1 is 1.50 bits per heavy atom. The van der Waals surface area contributed by atoms with Crippen molar-refractivity contribution in [1.29, 1.82) is 0 Å². The molecular weight excluding hydrogens is 276 g/mol. The Bertz CT molecular complexity index is 429. The number of anilines is 1. The van der Waals surface area contributed by atoms with Crippen molar-refractivity contribution in [2.24, 2.45) is 0 Å². The van der Waals surface area contributed by atoms with Gasteiger partial charge < -0.3 is 15.2 Å². The monoisotopic (exact) mass is 298 g/mol. The van der Waals surface area contributed by atoms with E-state index in [1.807, 2.05) is 30.5 Å². The first-order valence-corrected chi connectivity index (χ1v) is 7.57. The molecule has 1 unspecified atom stereocenters. The molecule has 2 N–H and O–H groups in total. The van der Waals surface area contributed by atoms with Crippen molar-refractivity contribution < 1.29 is 14.6 Å². The van der Waals surface area contributed by atoms with Gasteiger partial charge in [-0.3, -0.25) is 9.69 Å². The fourth-order valence-electron chi connectivity index (χ4n) is 1.85. The summed E-state index contributed by atoms with van der Waals surface area (Å²) in [6, 6.07) is 7.67. The van der Waals surface area contributed by atoms with Gasteiger partial charge in [0.2, 0.25) is 5.91 Å². The van der Waals surface area contributed by atoms with E-state index in [1.165, 1.54) is 7.11 Å². The number of nitrogens with zero attached hydrogens (tertiary/aromatic N) is 1. The van der Waals surface area contributed by atoms with Crippen LogP contribution in [0.1, 0.15) is 0 Å². The van der Waals surface area contributed by atoms with Gasteiger partial charge in [0.25, 0.3) is 0 Å². The number of hydrogen-bond donors (Lipinski definition) is 2. The van der Waals surface area contributed by atoms with Crippen LogP contribution < -0.4 is 5.32 Å². The fourth-order valence-corrected chi connectivity index (χ4v) is 2.41. The SMILES string of the molecule is COCC(O)CN(C)CC(=O)Nc1ccccc1SC. The lowest BCUT2D eigenvalue weighted by Gasteiger charge is -2.19. The van der Waals surface area contributed by atoms with Gasteiger partial charge in [0.1, 0.15) is 0 Å². The summed E-state index contributed by atoms with van der Waals surface area (Å²) in [7, 11) is 3.33. The highest BCUT2D eigenvalue weighted by molar-refractivity contribution is 7.98. The summed E-state index contributed by atoms with van der Waals surface area (Å²) in [6.45, 7) is 0.885. The molecule has 20 heavy (non-hydrogen) atoms. The van der Waals surface area contributed by atoms with Gasteiger partial charge in [-0.2, -0.15) is 0 Å². The molecule has 0 aliphatic rings. The summed E-state index contributed by atoms with van der Waals surface area (Å²) in [6.07, 6.45) is 1.38. The van der Waals surface area contributed by atoms with Crippen LogP contribution in [0.4, 0.5) is 5.69 Å². The molecule has 0 radical (unpaired) electrons. The van der Waals surface area contributed by atoms with Crippen molar-refractivity contribution in [1.82, 2.24) is 4.90 Å². The average Bonchev–Trinajstić information content (AvgIpc) is 2.39. The number of methoxy groups -OCH3 is 1. The zero-order valence-corrected chi connectivity index (χ0v) is 12.9. The quantitative estimate of drug-likeness (QED) is 0.708. The van der Waals surface area contributed by atoms with Gasteiger partial charge in [-0.05, 0) is 25.4 Å². The van der Waals surface area contributed by atoms with E-state index in [0.717, 1.165) is 10.6 Å². The van der Waals surface area contributed by atoms with E-state index in [9.17, 15) is 9.90 Å². The summed E-state index contributed by atoms with van der Waals surface area (Å²) < 4.78 is 4.86. The molecule has 0 fully saturated rings. The lowest BCUT2D eigenvalue weighted by molar-refractivity contribution is -0.117. The van der Waals surface area contributed by atoms with Crippen LogP contribution in [0.15, 0.2) is 29.2 Å². The number of hydrogen-bond acceptors (Lipinski definition) is 5. The first kappa shape index (κ1) is 17.0. The second-order valence-corrected chi connectivity index (χ2v) is 5.40. The van der Waals surface area contributed by atoms with Gasteiger partial charge in [-0.1, -0.05) is 12.1 Å². The summed E-state index contributed by atoms with van der Waals surface area (Å²) in [5.74, 6) is -0.0985. The number of nitrogens with one attached hydrogen (secondary N) is 1. The van der Waals surface area contributed by atoms with Crippen molar-refractivity contribution in [3.63, 3.8) is 0 Å². The van der Waals surface area contributed by atoms with E-state index in [-0.39, 0.29) is 19.1 Å². The molecule has 0 bridgehead atoms. The first-order valence-electron chi connectivity index (χ1n) is 6.35. The first-order chi connectivity index (χ1) is 9.56. The molecule has 0 aromatic heterocycles. The van der Waals surface area contributed by atoms with E-state index < -0.39 is 6.10 Å². The van der Waals surface area contributed by atoms with Crippen molar-refractivity contribution in [3.8, 4) is 0 Å². The minimum Gasteiger partial charge on any atom is -0.389 e. The number of benzene rings is 1. The Kier molecular flexibility index (Phi) is 7.61. The van der Waals surface area contributed by atoms with E-state index in [1.54, 1.807) is 23.7 Å². The van der Waals surface area contributed by atoms with Gasteiger partial charge in [0.05, 0.1) is 24.9 Å².